The van der Waals surface area contributed by atoms with Gasteiger partial charge in [-0.2, -0.15) is 0 Å². The van der Waals surface area contributed by atoms with Gasteiger partial charge in [-0.1, -0.05) is 18.2 Å². The molecule has 1 fully saturated rings. The topological polar surface area (TPSA) is 64.1 Å². The van der Waals surface area contributed by atoms with Gasteiger partial charge >= 0.3 is 0 Å². The van der Waals surface area contributed by atoms with Crippen molar-refractivity contribution >= 4 is 11.7 Å². The number of aromatic nitrogens is 2. The number of benzene rings is 2. The highest BCUT2D eigenvalue weighted by atomic mass is 19.1. The first-order valence-electron chi connectivity index (χ1n) is 9.43. The summed E-state index contributed by atoms with van der Waals surface area (Å²) < 4.78 is 47.2. The molecule has 0 bridgehead atoms. The van der Waals surface area contributed by atoms with Gasteiger partial charge in [-0.25, -0.2) is 13.2 Å². The van der Waals surface area contributed by atoms with Gasteiger partial charge in [-0.05, 0) is 43.2 Å². The van der Waals surface area contributed by atoms with Crippen molar-refractivity contribution in [3.8, 4) is 11.3 Å². The molecule has 0 saturated carbocycles. The molecule has 1 aliphatic rings. The van der Waals surface area contributed by atoms with E-state index < -0.39 is 28.8 Å². The predicted molar refractivity (Wildman–Crippen MR) is 104 cm³/mol. The molecule has 0 atom stereocenters. The van der Waals surface area contributed by atoms with Crippen LogP contribution in [0.4, 0.5) is 19.0 Å². The van der Waals surface area contributed by atoms with Gasteiger partial charge in [0.25, 0.3) is 0 Å². The summed E-state index contributed by atoms with van der Waals surface area (Å²) in [4.78, 5) is 13.2. The summed E-state index contributed by atoms with van der Waals surface area (Å²) >= 11 is 0. The second kappa shape index (κ2) is 8.23. The van der Waals surface area contributed by atoms with Gasteiger partial charge in [-0.3, -0.25) is 4.79 Å². The Balaban J connectivity index is 1.61. The maximum Gasteiger partial charge on any atom is 0.236 e. The summed E-state index contributed by atoms with van der Waals surface area (Å²) in [5.41, 5.74) is -0.503. The Bertz CT molecular complexity index is 1070. The van der Waals surface area contributed by atoms with E-state index >= 15 is 0 Å². The Morgan fingerprint density at radius 3 is 2.37 bits per heavy atom. The molecule has 1 aliphatic heterocycles. The summed E-state index contributed by atoms with van der Waals surface area (Å²) in [6.45, 7) is 0.532. The van der Waals surface area contributed by atoms with Crippen LogP contribution in [0.5, 0.6) is 0 Å². The minimum atomic E-state index is -1.22. The Morgan fingerprint density at radius 2 is 1.70 bits per heavy atom. The maximum absolute atomic E-state index is 14.5. The second-order valence-corrected chi connectivity index (χ2v) is 7.06. The minimum Gasteiger partial charge on any atom is -0.381 e. The summed E-state index contributed by atoms with van der Waals surface area (Å²) in [7, 11) is 0. The molecule has 30 heavy (non-hydrogen) atoms. The van der Waals surface area contributed by atoms with E-state index in [2.05, 4.69) is 15.5 Å². The molecule has 0 aliphatic carbocycles. The molecule has 1 amide bonds. The standard InChI is InChI=1S/C22H18F3N3O2/c23-14-5-6-16(18(25)13-14)22(9-11-30-12-10-22)21(29)26-20-8-7-19(27-28-20)15-3-1-2-4-17(15)24/h1-8,13H,9-12H2,(H,26,28,29). The average Bonchev–Trinajstić information content (AvgIpc) is 2.75. The van der Waals surface area contributed by atoms with E-state index in [4.69, 9.17) is 4.74 Å². The maximum atomic E-state index is 14.5. The largest absolute Gasteiger partial charge is 0.381 e. The van der Waals surface area contributed by atoms with Gasteiger partial charge in [0.15, 0.2) is 5.82 Å². The number of ether oxygens (including phenoxy) is 1. The van der Waals surface area contributed by atoms with Crippen molar-refractivity contribution in [2.24, 2.45) is 0 Å². The van der Waals surface area contributed by atoms with Crippen LogP contribution in [0.2, 0.25) is 0 Å². The van der Waals surface area contributed by atoms with E-state index in [-0.39, 0.29) is 43.0 Å². The van der Waals surface area contributed by atoms with Crippen molar-refractivity contribution < 1.29 is 22.7 Å². The fourth-order valence-electron chi connectivity index (χ4n) is 3.66. The van der Waals surface area contributed by atoms with E-state index in [1.165, 1.54) is 24.3 Å². The lowest BCUT2D eigenvalue weighted by Gasteiger charge is -2.36. The van der Waals surface area contributed by atoms with Gasteiger partial charge in [0.2, 0.25) is 5.91 Å². The number of halogens is 3. The molecule has 2 aromatic carbocycles. The van der Waals surface area contributed by atoms with Crippen LogP contribution in [0.3, 0.4) is 0 Å². The number of carbonyl (C=O) groups is 1. The number of anilines is 1. The molecule has 1 N–H and O–H groups in total. The number of nitrogens with zero attached hydrogens (tertiary/aromatic N) is 2. The molecule has 0 spiro atoms. The van der Waals surface area contributed by atoms with Gasteiger partial charge < -0.3 is 10.1 Å². The van der Waals surface area contributed by atoms with E-state index in [1.54, 1.807) is 18.2 Å². The molecular formula is C22H18F3N3O2. The van der Waals surface area contributed by atoms with E-state index in [9.17, 15) is 18.0 Å². The monoisotopic (exact) mass is 413 g/mol. The van der Waals surface area contributed by atoms with Gasteiger partial charge in [0.05, 0.1) is 11.1 Å². The normalized spacial score (nSPS) is 15.6. The minimum absolute atomic E-state index is 0.112. The molecule has 8 heteroatoms. The molecule has 1 aromatic heterocycles. The molecule has 5 nitrogen and oxygen atoms in total. The number of carbonyl (C=O) groups excluding carboxylic acids is 1. The molecule has 3 aromatic rings. The zero-order valence-corrected chi connectivity index (χ0v) is 15.9. The smallest absolute Gasteiger partial charge is 0.236 e. The van der Waals surface area contributed by atoms with E-state index in [0.29, 0.717) is 5.69 Å². The zero-order chi connectivity index (χ0) is 21.1. The summed E-state index contributed by atoms with van der Waals surface area (Å²) in [5.74, 6) is -2.27. The first-order valence-corrected chi connectivity index (χ1v) is 9.43. The third-order valence-electron chi connectivity index (χ3n) is 5.28. The van der Waals surface area contributed by atoms with Crippen molar-refractivity contribution in [3.63, 3.8) is 0 Å². The number of rotatable bonds is 4. The lowest BCUT2D eigenvalue weighted by Crippen LogP contribution is -2.45. The molecule has 1 saturated heterocycles. The van der Waals surface area contributed by atoms with Crippen LogP contribution in [0.25, 0.3) is 11.3 Å². The summed E-state index contributed by atoms with van der Waals surface area (Å²) in [5, 5.41) is 10.6. The predicted octanol–water partition coefficient (Wildman–Crippen LogP) is 4.25. The first-order chi connectivity index (χ1) is 14.5. The number of nitrogens with one attached hydrogen (secondary N) is 1. The molecule has 4 rings (SSSR count). The zero-order valence-electron chi connectivity index (χ0n) is 15.9. The fourth-order valence-corrected chi connectivity index (χ4v) is 3.66. The van der Waals surface area contributed by atoms with Crippen molar-refractivity contribution in [1.82, 2.24) is 10.2 Å². The van der Waals surface area contributed by atoms with Gasteiger partial charge in [0, 0.05) is 30.4 Å². The van der Waals surface area contributed by atoms with Crippen LogP contribution in [-0.2, 0) is 14.9 Å². The highest BCUT2D eigenvalue weighted by Crippen LogP contribution is 2.37. The number of amides is 1. The molecule has 154 valence electrons. The van der Waals surface area contributed by atoms with Crippen molar-refractivity contribution in [2.45, 2.75) is 18.3 Å². The van der Waals surface area contributed by atoms with Gasteiger partial charge in [0.1, 0.15) is 17.5 Å². The van der Waals surface area contributed by atoms with E-state index in [1.807, 2.05) is 0 Å². The Labute approximate surface area is 170 Å². The van der Waals surface area contributed by atoms with Crippen LogP contribution in [0, 0.1) is 17.5 Å². The molecule has 0 unspecified atom stereocenters. The first kappa shape index (κ1) is 20.0. The molecule has 2 heterocycles. The van der Waals surface area contributed by atoms with E-state index in [0.717, 1.165) is 12.1 Å². The number of hydrogen-bond donors (Lipinski definition) is 1. The summed E-state index contributed by atoms with van der Waals surface area (Å²) in [6.07, 6.45) is 0.476. The van der Waals surface area contributed by atoms with Crippen LogP contribution in [0.15, 0.2) is 54.6 Å². The van der Waals surface area contributed by atoms with Crippen molar-refractivity contribution in [3.05, 3.63) is 77.6 Å². The third-order valence-corrected chi connectivity index (χ3v) is 5.28. The van der Waals surface area contributed by atoms with Gasteiger partial charge in [-0.15, -0.1) is 10.2 Å². The van der Waals surface area contributed by atoms with Crippen LogP contribution < -0.4 is 5.32 Å². The molecule has 0 radical (unpaired) electrons. The highest BCUT2D eigenvalue weighted by Gasteiger charge is 2.43. The Kier molecular flexibility index (Phi) is 5.50. The quantitative estimate of drug-likeness (QED) is 0.695. The lowest BCUT2D eigenvalue weighted by atomic mass is 9.73. The Morgan fingerprint density at radius 1 is 0.933 bits per heavy atom. The van der Waals surface area contributed by atoms with Crippen molar-refractivity contribution in [2.75, 3.05) is 18.5 Å². The Hall–Kier alpha value is -3.26. The van der Waals surface area contributed by atoms with Crippen LogP contribution in [-0.4, -0.2) is 29.3 Å². The van der Waals surface area contributed by atoms with Crippen LogP contribution >= 0.6 is 0 Å². The third kappa shape index (κ3) is 3.78. The highest BCUT2D eigenvalue weighted by molar-refractivity contribution is 5.98. The number of hydrogen-bond acceptors (Lipinski definition) is 4. The van der Waals surface area contributed by atoms with Crippen molar-refractivity contribution in [1.29, 1.82) is 0 Å². The molecular weight excluding hydrogens is 395 g/mol. The second-order valence-electron chi connectivity index (χ2n) is 7.06. The van der Waals surface area contributed by atoms with Crippen LogP contribution in [0.1, 0.15) is 18.4 Å². The lowest BCUT2D eigenvalue weighted by molar-refractivity contribution is -0.125. The average molecular weight is 413 g/mol. The SMILES string of the molecule is O=C(Nc1ccc(-c2ccccc2F)nn1)C1(c2ccc(F)cc2F)CCOCC1. The fraction of sp³-hybridized carbons (Fsp3) is 0.227. The summed E-state index contributed by atoms with van der Waals surface area (Å²) in [6, 6.07) is 12.4.